The molecule has 2 heterocycles. The van der Waals surface area contributed by atoms with E-state index in [4.69, 9.17) is 22.1 Å². The van der Waals surface area contributed by atoms with E-state index in [9.17, 15) is 10.1 Å². The smallest absolute Gasteiger partial charge is 0.205 e. The molecule has 1 aliphatic carbocycles. The molecule has 0 fully saturated rings. The zero-order valence-corrected chi connectivity index (χ0v) is 19.1. The SMILES string of the molecule is CC1(C)CC(=O)C2=C(C1)OC(N)=C(C#N)C2c1cc(CSc2ccc(Cl)cc2)cs1. The van der Waals surface area contributed by atoms with Crippen LogP contribution in [0.2, 0.25) is 5.02 Å². The van der Waals surface area contributed by atoms with Gasteiger partial charge in [-0.2, -0.15) is 5.26 Å². The predicted octanol–water partition coefficient (Wildman–Crippen LogP) is 6.14. The van der Waals surface area contributed by atoms with E-state index in [1.165, 1.54) is 0 Å². The summed E-state index contributed by atoms with van der Waals surface area (Å²) in [5, 5.41) is 12.5. The van der Waals surface area contributed by atoms with Crippen LogP contribution < -0.4 is 5.73 Å². The third-order valence-electron chi connectivity index (χ3n) is 5.25. The first-order valence-corrected chi connectivity index (χ1v) is 11.8. The summed E-state index contributed by atoms with van der Waals surface area (Å²) in [7, 11) is 0. The van der Waals surface area contributed by atoms with Crippen LogP contribution in [-0.4, -0.2) is 5.78 Å². The molecule has 1 unspecified atom stereocenters. The first-order chi connectivity index (χ1) is 14.3. The summed E-state index contributed by atoms with van der Waals surface area (Å²) < 4.78 is 5.76. The maximum atomic E-state index is 13.0. The van der Waals surface area contributed by atoms with Crippen molar-refractivity contribution < 1.29 is 9.53 Å². The Balaban J connectivity index is 1.63. The van der Waals surface area contributed by atoms with Gasteiger partial charge in [0.1, 0.15) is 17.4 Å². The van der Waals surface area contributed by atoms with Gasteiger partial charge in [-0.15, -0.1) is 23.1 Å². The van der Waals surface area contributed by atoms with Crippen molar-refractivity contribution in [3.8, 4) is 6.07 Å². The highest BCUT2D eigenvalue weighted by Gasteiger charge is 2.43. The summed E-state index contributed by atoms with van der Waals surface area (Å²) in [5.41, 5.74) is 7.97. The number of carbonyl (C=O) groups excluding carboxylic acids is 1. The number of rotatable bonds is 4. The lowest BCUT2D eigenvalue weighted by Crippen LogP contribution is -2.33. The second-order valence-corrected chi connectivity index (χ2v) is 10.7. The quantitative estimate of drug-likeness (QED) is 0.558. The molecule has 1 aromatic heterocycles. The average molecular weight is 457 g/mol. The largest absolute Gasteiger partial charge is 0.444 e. The van der Waals surface area contributed by atoms with E-state index >= 15 is 0 Å². The van der Waals surface area contributed by atoms with Gasteiger partial charge < -0.3 is 10.5 Å². The molecule has 2 aromatic rings. The van der Waals surface area contributed by atoms with Crippen LogP contribution >= 0.6 is 34.7 Å². The van der Waals surface area contributed by atoms with Crippen LogP contribution in [0.4, 0.5) is 0 Å². The Labute approximate surface area is 189 Å². The Bertz CT molecular complexity index is 1110. The first kappa shape index (κ1) is 21.0. The highest BCUT2D eigenvalue weighted by atomic mass is 35.5. The van der Waals surface area contributed by atoms with E-state index < -0.39 is 5.92 Å². The number of thiophene rings is 1. The molecular weight excluding hydrogens is 436 g/mol. The van der Waals surface area contributed by atoms with Crippen molar-refractivity contribution in [3.63, 3.8) is 0 Å². The van der Waals surface area contributed by atoms with Crippen molar-refractivity contribution in [1.82, 2.24) is 0 Å². The number of nitrogens with two attached hydrogens (primary N) is 1. The van der Waals surface area contributed by atoms with Gasteiger partial charge in [-0.25, -0.2) is 0 Å². The van der Waals surface area contributed by atoms with Crippen molar-refractivity contribution >= 4 is 40.5 Å². The lowest BCUT2D eigenvalue weighted by atomic mass is 9.71. The molecule has 2 N–H and O–H groups in total. The van der Waals surface area contributed by atoms with E-state index in [0.717, 1.165) is 26.1 Å². The number of allylic oxidation sites excluding steroid dienone is 3. The maximum absolute atomic E-state index is 13.0. The van der Waals surface area contributed by atoms with E-state index in [2.05, 4.69) is 17.5 Å². The highest BCUT2D eigenvalue weighted by molar-refractivity contribution is 7.98. The van der Waals surface area contributed by atoms with Crippen LogP contribution in [0.1, 0.15) is 43.0 Å². The standard InChI is InChI=1S/C23H21ClN2O2S2/c1-23(2)8-17(27)21-18(9-23)28-22(26)16(10-25)20(21)19-7-13(12-30-19)11-29-15-5-3-14(24)4-6-15/h3-7,12,20H,8-9,11,26H2,1-2H3. The minimum Gasteiger partial charge on any atom is -0.444 e. The number of nitriles is 1. The molecule has 1 atom stereocenters. The molecule has 1 aliphatic heterocycles. The van der Waals surface area contributed by atoms with Gasteiger partial charge in [0.2, 0.25) is 5.88 Å². The third kappa shape index (κ3) is 4.15. The minimum atomic E-state index is -0.443. The Morgan fingerprint density at radius 3 is 2.77 bits per heavy atom. The summed E-state index contributed by atoms with van der Waals surface area (Å²) >= 11 is 9.22. The number of carbonyl (C=O) groups is 1. The van der Waals surface area contributed by atoms with Gasteiger partial charge >= 0.3 is 0 Å². The summed E-state index contributed by atoms with van der Waals surface area (Å²) in [6.07, 6.45) is 1.07. The van der Waals surface area contributed by atoms with Crippen LogP contribution in [0, 0.1) is 16.7 Å². The van der Waals surface area contributed by atoms with Gasteiger partial charge in [0.25, 0.3) is 0 Å². The molecule has 0 bridgehead atoms. The van der Waals surface area contributed by atoms with E-state index in [0.29, 0.717) is 29.7 Å². The molecule has 2 aliphatic rings. The summed E-state index contributed by atoms with van der Waals surface area (Å²) in [4.78, 5) is 15.1. The second kappa shape index (κ2) is 8.14. The molecule has 0 spiro atoms. The normalized spacial score (nSPS) is 20.6. The summed E-state index contributed by atoms with van der Waals surface area (Å²) in [5.74, 6) is 1.11. The van der Waals surface area contributed by atoms with Crippen LogP contribution in [-0.2, 0) is 15.3 Å². The number of nitrogens with zero attached hydrogens (tertiary/aromatic N) is 1. The van der Waals surface area contributed by atoms with Crippen LogP contribution in [0.15, 0.2) is 63.4 Å². The van der Waals surface area contributed by atoms with Gasteiger partial charge in [-0.05, 0) is 46.7 Å². The van der Waals surface area contributed by atoms with Crippen molar-refractivity contribution in [1.29, 1.82) is 5.26 Å². The van der Waals surface area contributed by atoms with Gasteiger partial charge in [0.15, 0.2) is 5.78 Å². The van der Waals surface area contributed by atoms with E-state index in [1.807, 2.05) is 38.1 Å². The molecule has 0 saturated carbocycles. The lowest BCUT2D eigenvalue weighted by molar-refractivity contribution is -0.119. The second-order valence-electron chi connectivity index (χ2n) is 8.30. The molecule has 7 heteroatoms. The number of hydrogen-bond acceptors (Lipinski definition) is 6. The van der Waals surface area contributed by atoms with E-state index in [1.54, 1.807) is 23.1 Å². The van der Waals surface area contributed by atoms with Crippen molar-refractivity contribution in [2.45, 2.75) is 43.3 Å². The summed E-state index contributed by atoms with van der Waals surface area (Å²) in [6, 6.07) is 12.0. The number of ketones is 1. The monoisotopic (exact) mass is 456 g/mol. The van der Waals surface area contributed by atoms with Crippen molar-refractivity contribution in [3.05, 3.63) is 74.0 Å². The zero-order chi connectivity index (χ0) is 21.5. The molecule has 4 rings (SSSR count). The van der Waals surface area contributed by atoms with Gasteiger partial charge in [-0.3, -0.25) is 4.79 Å². The van der Waals surface area contributed by atoms with E-state index in [-0.39, 0.29) is 17.1 Å². The number of benzene rings is 1. The lowest BCUT2D eigenvalue weighted by Gasteiger charge is -2.36. The van der Waals surface area contributed by atoms with Gasteiger partial charge in [0, 0.05) is 39.0 Å². The highest BCUT2D eigenvalue weighted by Crippen LogP contribution is 2.49. The summed E-state index contributed by atoms with van der Waals surface area (Å²) in [6.45, 7) is 4.09. The molecule has 30 heavy (non-hydrogen) atoms. The number of halogens is 1. The zero-order valence-electron chi connectivity index (χ0n) is 16.7. The number of ether oxygens (including phenoxy) is 1. The fourth-order valence-corrected chi connectivity index (χ4v) is 5.98. The van der Waals surface area contributed by atoms with Crippen molar-refractivity contribution in [2.75, 3.05) is 0 Å². The number of thioether (sulfide) groups is 1. The predicted molar refractivity (Wildman–Crippen MR) is 121 cm³/mol. The number of hydrogen-bond donors (Lipinski definition) is 1. The Kier molecular flexibility index (Phi) is 5.71. The topological polar surface area (TPSA) is 76.1 Å². The molecule has 1 aromatic carbocycles. The molecular formula is C23H21ClN2O2S2. The average Bonchev–Trinajstić information content (AvgIpc) is 3.14. The molecule has 154 valence electrons. The van der Waals surface area contributed by atoms with Crippen LogP contribution in [0.5, 0.6) is 0 Å². The van der Waals surface area contributed by atoms with Gasteiger partial charge in [0.05, 0.1) is 5.92 Å². The molecule has 0 amide bonds. The number of Topliss-reactive ketones (excluding diaryl/α,β-unsaturated/α-hetero) is 1. The Morgan fingerprint density at radius 1 is 1.33 bits per heavy atom. The molecule has 0 saturated heterocycles. The first-order valence-electron chi connectivity index (χ1n) is 9.57. The van der Waals surface area contributed by atoms with Crippen LogP contribution in [0.25, 0.3) is 0 Å². The van der Waals surface area contributed by atoms with Gasteiger partial charge in [-0.1, -0.05) is 25.4 Å². The maximum Gasteiger partial charge on any atom is 0.205 e. The fraction of sp³-hybridized carbons (Fsp3) is 0.304. The Morgan fingerprint density at radius 2 is 2.07 bits per heavy atom. The molecule has 4 nitrogen and oxygen atoms in total. The van der Waals surface area contributed by atoms with Crippen molar-refractivity contribution in [2.24, 2.45) is 11.1 Å². The fourth-order valence-electron chi connectivity index (χ4n) is 3.89. The third-order valence-corrected chi connectivity index (χ3v) is 7.63. The molecule has 0 radical (unpaired) electrons. The minimum absolute atomic E-state index is 0.0389. The Hall–Kier alpha value is -2.20. The van der Waals surface area contributed by atoms with Crippen LogP contribution in [0.3, 0.4) is 0 Å².